The average molecular weight is 347 g/mol. The minimum Gasteiger partial charge on any atom is -0.375 e. The van der Waals surface area contributed by atoms with E-state index in [0.717, 1.165) is 16.3 Å². The number of benzene rings is 1. The highest BCUT2D eigenvalue weighted by molar-refractivity contribution is 7.98. The maximum atomic E-state index is 6.11. The molecule has 0 fully saturated rings. The van der Waals surface area contributed by atoms with Gasteiger partial charge in [0.25, 0.3) is 0 Å². The lowest BCUT2D eigenvalue weighted by molar-refractivity contribution is 0.119. The SMILES string of the molecule is CO[C@H](C)c1nc(CSc2nnc(-c3ccccc3)n2N)cs1. The predicted octanol–water partition coefficient (Wildman–Crippen LogP) is 3.12. The molecule has 2 aromatic heterocycles. The summed E-state index contributed by atoms with van der Waals surface area (Å²) in [5.74, 6) is 7.45. The summed E-state index contributed by atoms with van der Waals surface area (Å²) in [6, 6.07) is 9.77. The first-order valence-corrected chi connectivity index (χ1v) is 8.91. The van der Waals surface area contributed by atoms with Crippen molar-refractivity contribution in [1.82, 2.24) is 19.9 Å². The number of aromatic nitrogens is 4. The molecular weight excluding hydrogens is 330 g/mol. The van der Waals surface area contributed by atoms with Crippen LogP contribution < -0.4 is 5.84 Å². The number of thioether (sulfide) groups is 1. The second kappa shape index (κ2) is 7.12. The summed E-state index contributed by atoms with van der Waals surface area (Å²) in [4.78, 5) is 4.57. The third kappa shape index (κ3) is 3.54. The van der Waals surface area contributed by atoms with Gasteiger partial charge in [0.15, 0.2) is 5.82 Å². The van der Waals surface area contributed by atoms with Crippen molar-refractivity contribution in [3.05, 3.63) is 46.4 Å². The van der Waals surface area contributed by atoms with E-state index in [2.05, 4.69) is 15.2 Å². The Morgan fingerprint density at radius 2 is 2.09 bits per heavy atom. The van der Waals surface area contributed by atoms with E-state index in [-0.39, 0.29) is 6.10 Å². The fourth-order valence-corrected chi connectivity index (χ4v) is 3.68. The Morgan fingerprint density at radius 3 is 2.83 bits per heavy atom. The van der Waals surface area contributed by atoms with Crippen LogP contribution in [0.25, 0.3) is 11.4 Å². The maximum Gasteiger partial charge on any atom is 0.210 e. The molecule has 0 saturated heterocycles. The summed E-state index contributed by atoms with van der Waals surface area (Å²) >= 11 is 3.12. The van der Waals surface area contributed by atoms with E-state index in [9.17, 15) is 0 Å². The molecule has 0 saturated carbocycles. The van der Waals surface area contributed by atoms with Crippen LogP contribution in [0.15, 0.2) is 40.9 Å². The molecule has 0 aliphatic heterocycles. The number of hydrogen-bond donors (Lipinski definition) is 1. The van der Waals surface area contributed by atoms with Gasteiger partial charge < -0.3 is 10.6 Å². The molecule has 0 amide bonds. The highest BCUT2D eigenvalue weighted by Gasteiger charge is 2.14. The number of nitrogens with two attached hydrogens (primary N) is 1. The summed E-state index contributed by atoms with van der Waals surface area (Å²) in [6.07, 6.45) is 0.0154. The Balaban J connectivity index is 1.70. The standard InChI is InChI=1S/C15H17N5OS2/c1-10(21-2)14-17-12(8-22-14)9-23-15-19-18-13(20(15)16)11-6-4-3-5-7-11/h3-8,10H,9,16H2,1-2H3/t10-/m1/s1. The molecular formula is C15H17N5OS2. The van der Waals surface area contributed by atoms with Crippen LogP contribution in [-0.2, 0) is 10.5 Å². The zero-order valence-electron chi connectivity index (χ0n) is 12.8. The maximum absolute atomic E-state index is 6.11. The van der Waals surface area contributed by atoms with Gasteiger partial charge in [-0.25, -0.2) is 9.66 Å². The molecule has 0 aliphatic carbocycles. The molecule has 1 aromatic carbocycles. The quantitative estimate of drug-likeness (QED) is 0.545. The predicted molar refractivity (Wildman–Crippen MR) is 92.7 cm³/mol. The highest BCUT2D eigenvalue weighted by atomic mass is 32.2. The zero-order valence-corrected chi connectivity index (χ0v) is 14.5. The van der Waals surface area contributed by atoms with Crippen molar-refractivity contribution in [2.45, 2.75) is 23.9 Å². The molecule has 2 heterocycles. The molecule has 8 heteroatoms. The molecule has 0 bridgehead atoms. The third-order valence-electron chi connectivity index (χ3n) is 3.32. The average Bonchev–Trinajstić information content (AvgIpc) is 3.20. The van der Waals surface area contributed by atoms with Gasteiger partial charge in [-0.05, 0) is 6.92 Å². The number of hydrogen-bond acceptors (Lipinski definition) is 7. The van der Waals surface area contributed by atoms with Crippen LogP contribution in [0.1, 0.15) is 23.7 Å². The second-order valence-corrected chi connectivity index (χ2v) is 6.72. The molecule has 3 rings (SSSR count). The summed E-state index contributed by atoms with van der Waals surface area (Å²) in [7, 11) is 1.68. The highest BCUT2D eigenvalue weighted by Crippen LogP contribution is 2.26. The summed E-state index contributed by atoms with van der Waals surface area (Å²) in [5, 5.41) is 12.0. The molecule has 23 heavy (non-hydrogen) atoms. The third-order valence-corrected chi connectivity index (χ3v) is 5.35. The van der Waals surface area contributed by atoms with Crippen molar-refractivity contribution in [1.29, 1.82) is 0 Å². The Bertz CT molecular complexity index is 771. The minimum absolute atomic E-state index is 0.0154. The number of methoxy groups -OCH3 is 1. The van der Waals surface area contributed by atoms with Crippen LogP contribution in [0.5, 0.6) is 0 Å². The lowest BCUT2D eigenvalue weighted by Gasteiger charge is -2.04. The van der Waals surface area contributed by atoms with Crippen LogP contribution in [0.3, 0.4) is 0 Å². The Labute approximate surface area is 142 Å². The van der Waals surface area contributed by atoms with Gasteiger partial charge in [-0.2, -0.15) is 0 Å². The van der Waals surface area contributed by atoms with Gasteiger partial charge in [0.2, 0.25) is 5.16 Å². The van der Waals surface area contributed by atoms with Crippen LogP contribution in [-0.4, -0.2) is 27.0 Å². The molecule has 0 aliphatic rings. The Morgan fingerprint density at radius 1 is 1.30 bits per heavy atom. The molecule has 120 valence electrons. The topological polar surface area (TPSA) is 78.9 Å². The Hall–Kier alpha value is -1.90. The van der Waals surface area contributed by atoms with Gasteiger partial charge in [0.1, 0.15) is 11.1 Å². The van der Waals surface area contributed by atoms with E-state index >= 15 is 0 Å². The van der Waals surface area contributed by atoms with Crippen molar-refractivity contribution in [2.75, 3.05) is 13.0 Å². The molecule has 0 unspecified atom stereocenters. The first-order valence-electron chi connectivity index (χ1n) is 7.05. The zero-order chi connectivity index (χ0) is 16.2. The number of ether oxygens (including phenoxy) is 1. The van der Waals surface area contributed by atoms with Crippen LogP contribution in [0.2, 0.25) is 0 Å². The van der Waals surface area contributed by atoms with Crippen LogP contribution >= 0.6 is 23.1 Å². The fraction of sp³-hybridized carbons (Fsp3) is 0.267. The van der Waals surface area contributed by atoms with Crippen molar-refractivity contribution >= 4 is 23.1 Å². The van der Waals surface area contributed by atoms with Crippen molar-refractivity contribution in [3.8, 4) is 11.4 Å². The van der Waals surface area contributed by atoms with Crippen molar-refractivity contribution < 1.29 is 4.74 Å². The second-order valence-electron chi connectivity index (χ2n) is 4.89. The molecule has 2 N–H and O–H groups in total. The smallest absolute Gasteiger partial charge is 0.210 e. The van der Waals surface area contributed by atoms with E-state index in [1.165, 1.54) is 16.4 Å². The number of rotatable bonds is 6. The van der Waals surface area contributed by atoms with Gasteiger partial charge in [-0.1, -0.05) is 42.1 Å². The normalized spacial score (nSPS) is 12.4. The first kappa shape index (κ1) is 16.0. The van der Waals surface area contributed by atoms with Gasteiger partial charge >= 0.3 is 0 Å². The van der Waals surface area contributed by atoms with E-state index in [0.29, 0.717) is 16.7 Å². The molecule has 1 atom stereocenters. The largest absolute Gasteiger partial charge is 0.375 e. The van der Waals surface area contributed by atoms with Gasteiger partial charge in [0, 0.05) is 23.8 Å². The summed E-state index contributed by atoms with van der Waals surface area (Å²) in [6.45, 7) is 1.98. The van der Waals surface area contributed by atoms with Crippen molar-refractivity contribution in [3.63, 3.8) is 0 Å². The molecule has 6 nitrogen and oxygen atoms in total. The first-order chi connectivity index (χ1) is 11.2. The summed E-state index contributed by atoms with van der Waals surface area (Å²) in [5.41, 5.74) is 1.93. The van der Waals surface area contributed by atoms with E-state index in [4.69, 9.17) is 10.6 Å². The lowest BCUT2D eigenvalue weighted by Crippen LogP contribution is -2.11. The van der Waals surface area contributed by atoms with Crippen LogP contribution in [0.4, 0.5) is 0 Å². The van der Waals surface area contributed by atoms with Gasteiger partial charge in [0.05, 0.1) is 5.69 Å². The summed E-state index contributed by atoms with van der Waals surface area (Å²) < 4.78 is 6.80. The molecule has 3 aromatic rings. The van der Waals surface area contributed by atoms with Gasteiger partial charge in [-0.15, -0.1) is 21.5 Å². The monoisotopic (exact) mass is 347 g/mol. The van der Waals surface area contributed by atoms with E-state index in [1.54, 1.807) is 18.4 Å². The van der Waals surface area contributed by atoms with Crippen molar-refractivity contribution in [2.24, 2.45) is 0 Å². The number of nitrogens with zero attached hydrogens (tertiary/aromatic N) is 4. The number of thiazole rings is 1. The minimum atomic E-state index is 0.0154. The molecule has 0 radical (unpaired) electrons. The fourth-order valence-electron chi connectivity index (χ4n) is 1.97. The Kier molecular flexibility index (Phi) is 4.94. The molecule has 0 spiro atoms. The lowest BCUT2D eigenvalue weighted by atomic mass is 10.2. The van der Waals surface area contributed by atoms with Crippen LogP contribution in [0, 0.1) is 0 Å². The van der Waals surface area contributed by atoms with E-state index < -0.39 is 0 Å². The van der Waals surface area contributed by atoms with Gasteiger partial charge in [-0.3, -0.25) is 0 Å². The van der Waals surface area contributed by atoms with E-state index in [1.807, 2.05) is 42.6 Å². The number of nitrogen functional groups attached to an aromatic ring is 1.